The molecule has 1 aromatic heterocycles. The van der Waals surface area contributed by atoms with Gasteiger partial charge < -0.3 is 15.7 Å². The molecule has 54 valence electrons. The smallest absolute Gasteiger partial charge is 0.282 e. The van der Waals surface area contributed by atoms with Crippen LogP contribution in [0, 0.1) is 5.21 Å². The van der Waals surface area contributed by atoms with E-state index >= 15 is 0 Å². The molecule has 0 radical (unpaired) electrons. The minimum Gasteiger partial charge on any atom is -0.618 e. The third kappa shape index (κ3) is 1.25. The summed E-state index contributed by atoms with van der Waals surface area (Å²) in [7, 11) is 1.42. The van der Waals surface area contributed by atoms with E-state index in [1.54, 1.807) is 0 Å². The first-order valence-corrected chi connectivity index (χ1v) is 2.62. The number of nitrogens with zero attached hydrogens (tertiary/aromatic N) is 2. The van der Waals surface area contributed by atoms with E-state index in [4.69, 9.17) is 5.73 Å². The molecule has 5 nitrogen and oxygen atoms in total. The minimum atomic E-state index is 0.148. The highest BCUT2D eigenvalue weighted by Gasteiger charge is 2.00. The summed E-state index contributed by atoms with van der Waals surface area (Å²) in [5.41, 5.74) is 5.22. The van der Waals surface area contributed by atoms with Gasteiger partial charge in [-0.15, -0.1) is 0 Å². The van der Waals surface area contributed by atoms with Crippen molar-refractivity contribution in [2.75, 3.05) is 12.8 Å². The second kappa shape index (κ2) is 2.38. The van der Waals surface area contributed by atoms with Crippen molar-refractivity contribution in [3.8, 4) is 5.88 Å². The first kappa shape index (κ1) is 6.60. The summed E-state index contributed by atoms with van der Waals surface area (Å²) in [6, 6.07) is 0. The Morgan fingerprint density at radius 1 is 1.70 bits per heavy atom. The zero-order chi connectivity index (χ0) is 7.56. The van der Waals surface area contributed by atoms with E-state index in [0.717, 1.165) is 6.20 Å². The molecule has 0 fully saturated rings. The van der Waals surface area contributed by atoms with Crippen LogP contribution in [-0.4, -0.2) is 12.1 Å². The van der Waals surface area contributed by atoms with Gasteiger partial charge in [-0.25, -0.2) is 0 Å². The van der Waals surface area contributed by atoms with Crippen LogP contribution in [0.4, 0.5) is 5.82 Å². The summed E-state index contributed by atoms with van der Waals surface area (Å²) < 4.78 is 5.21. The van der Waals surface area contributed by atoms with Gasteiger partial charge in [0.2, 0.25) is 12.4 Å². The lowest BCUT2D eigenvalue weighted by atomic mass is 10.6. The Morgan fingerprint density at radius 3 is 2.90 bits per heavy atom. The molecule has 0 atom stereocenters. The van der Waals surface area contributed by atoms with E-state index < -0.39 is 0 Å². The number of aromatic nitrogens is 2. The maximum atomic E-state index is 10.6. The van der Waals surface area contributed by atoms with Gasteiger partial charge in [0, 0.05) is 0 Å². The molecule has 5 heteroatoms. The second-order valence-electron chi connectivity index (χ2n) is 1.70. The van der Waals surface area contributed by atoms with Crippen LogP contribution in [0.25, 0.3) is 0 Å². The number of nitrogen functional groups attached to an aromatic ring is 1. The van der Waals surface area contributed by atoms with Crippen LogP contribution < -0.4 is 15.2 Å². The summed E-state index contributed by atoms with van der Waals surface area (Å²) >= 11 is 0. The van der Waals surface area contributed by atoms with Crippen LogP contribution in [-0.2, 0) is 0 Å². The topological polar surface area (TPSA) is 75.1 Å². The summed E-state index contributed by atoms with van der Waals surface area (Å²) in [5, 5.41) is 10.6. The fraction of sp³-hybridized carbons (Fsp3) is 0.200. The molecule has 0 saturated heterocycles. The number of methoxy groups -OCH3 is 1. The Balaban J connectivity index is 3.06. The summed E-state index contributed by atoms with van der Waals surface area (Å²) in [6.45, 7) is 0. The molecule has 1 rings (SSSR count). The highest BCUT2D eigenvalue weighted by molar-refractivity contribution is 5.23. The third-order valence-corrected chi connectivity index (χ3v) is 0.946. The quantitative estimate of drug-likeness (QED) is 0.414. The van der Waals surface area contributed by atoms with Crippen LogP contribution in [0.15, 0.2) is 12.4 Å². The molecule has 1 heterocycles. The highest BCUT2D eigenvalue weighted by Crippen LogP contribution is 2.02. The molecule has 0 amide bonds. The van der Waals surface area contributed by atoms with Gasteiger partial charge in [0.05, 0.1) is 7.11 Å². The average molecular weight is 141 g/mol. The van der Waals surface area contributed by atoms with Crippen LogP contribution >= 0.6 is 0 Å². The molecular formula is C5H7N3O2. The van der Waals surface area contributed by atoms with Crippen molar-refractivity contribution < 1.29 is 9.47 Å². The molecule has 2 N–H and O–H groups in total. The number of hydrogen-bond acceptors (Lipinski definition) is 4. The van der Waals surface area contributed by atoms with Crippen molar-refractivity contribution in [3.05, 3.63) is 17.6 Å². The van der Waals surface area contributed by atoms with Crippen molar-refractivity contribution in [2.45, 2.75) is 0 Å². The molecule has 0 aliphatic carbocycles. The molecular weight excluding hydrogens is 134 g/mol. The third-order valence-electron chi connectivity index (χ3n) is 0.946. The lowest BCUT2D eigenvalue weighted by molar-refractivity contribution is -0.605. The molecule has 0 aliphatic rings. The van der Waals surface area contributed by atoms with Gasteiger partial charge in [-0.3, -0.25) is 0 Å². The van der Waals surface area contributed by atoms with Gasteiger partial charge in [0.15, 0.2) is 5.82 Å². The van der Waals surface area contributed by atoms with Gasteiger partial charge in [-0.2, -0.15) is 9.71 Å². The van der Waals surface area contributed by atoms with E-state index in [1.165, 1.54) is 13.3 Å². The van der Waals surface area contributed by atoms with Crippen LogP contribution in [0.3, 0.4) is 0 Å². The zero-order valence-electron chi connectivity index (χ0n) is 5.44. The van der Waals surface area contributed by atoms with Gasteiger partial charge >= 0.3 is 0 Å². The van der Waals surface area contributed by atoms with Gasteiger partial charge in [-0.05, 0) is 0 Å². The summed E-state index contributed by atoms with van der Waals surface area (Å²) in [5.74, 6) is 0.365. The summed E-state index contributed by atoms with van der Waals surface area (Å²) in [6.07, 6.45) is 2.35. The molecule has 10 heavy (non-hydrogen) atoms. The molecule has 0 spiro atoms. The predicted molar refractivity (Wildman–Crippen MR) is 34.2 cm³/mol. The SMILES string of the molecule is COc1c[n+]([O-])cc(N)n1. The van der Waals surface area contributed by atoms with Gasteiger partial charge in [-0.1, -0.05) is 0 Å². The monoisotopic (exact) mass is 141 g/mol. The van der Waals surface area contributed by atoms with E-state index in [0.29, 0.717) is 4.73 Å². The Morgan fingerprint density at radius 2 is 2.40 bits per heavy atom. The molecule has 0 aliphatic heterocycles. The number of ether oxygens (including phenoxy) is 1. The number of anilines is 1. The number of rotatable bonds is 1. The number of nitrogens with two attached hydrogens (primary N) is 1. The minimum absolute atomic E-state index is 0.148. The van der Waals surface area contributed by atoms with Crippen molar-refractivity contribution in [1.82, 2.24) is 4.98 Å². The lowest BCUT2D eigenvalue weighted by Crippen LogP contribution is -2.26. The predicted octanol–water partition coefficient (Wildman–Crippen LogP) is -0.694. The van der Waals surface area contributed by atoms with Gasteiger partial charge in [0.1, 0.15) is 0 Å². The molecule has 0 saturated carbocycles. The van der Waals surface area contributed by atoms with Crippen molar-refractivity contribution >= 4 is 5.82 Å². The van der Waals surface area contributed by atoms with Crippen molar-refractivity contribution in [1.29, 1.82) is 0 Å². The Hall–Kier alpha value is -1.52. The van der Waals surface area contributed by atoms with Crippen molar-refractivity contribution in [2.24, 2.45) is 0 Å². The first-order valence-electron chi connectivity index (χ1n) is 2.62. The normalized spacial score (nSPS) is 9.30. The average Bonchev–Trinajstić information content (AvgIpc) is 1.85. The van der Waals surface area contributed by atoms with Crippen molar-refractivity contribution in [3.63, 3.8) is 0 Å². The highest BCUT2D eigenvalue weighted by atomic mass is 16.5. The number of hydrogen-bond donors (Lipinski definition) is 1. The maximum Gasteiger partial charge on any atom is 0.282 e. The standard InChI is InChI=1S/C5H7N3O2/c1-10-5-3-8(9)2-4(6)7-5/h2-3H,1H3,(H2,6,7). The van der Waals surface area contributed by atoms with E-state index in [2.05, 4.69) is 9.72 Å². The van der Waals surface area contributed by atoms with E-state index in [-0.39, 0.29) is 11.7 Å². The summed E-state index contributed by atoms with van der Waals surface area (Å²) in [4.78, 5) is 3.69. The molecule has 0 bridgehead atoms. The molecule has 0 unspecified atom stereocenters. The molecule has 0 aromatic carbocycles. The fourth-order valence-electron chi connectivity index (χ4n) is 0.560. The molecule has 1 aromatic rings. The second-order valence-corrected chi connectivity index (χ2v) is 1.70. The van der Waals surface area contributed by atoms with E-state index in [9.17, 15) is 5.21 Å². The Labute approximate surface area is 57.6 Å². The van der Waals surface area contributed by atoms with E-state index in [1.807, 2.05) is 0 Å². The van der Waals surface area contributed by atoms with Crippen LogP contribution in [0.1, 0.15) is 0 Å². The Kier molecular flexibility index (Phi) is 1.57. The maximum absolute atomic E-state index is 10.6. The van der Waals surface area contributed by atoms with Crippen LogP contribution in [0.2, 0.25) is 0 Å². The van der Waals surface area contributed by atoms with Crippen LogP contribution in [0.5, 0.6) is 5.88 Å². The van der Waals surface area contributed by atoms with Gasteiger partial charge in [0.25, 0.3) is 5.88 Å². The fourth-order valence-corrected chi connectivity index (χ4v) is 0.560. The zero-order valence-corrected chi connectivity index (χ0v) is 5.44. The largest absolute Gasteiger partial charge is 0.618 e. The first-order chi connectivity index (χ1) is 4.72. The lowest BCUT2D eigenvalue weighted by Gasteiger charge is -1.99. The Bertz CT molecular complexity index is 218.